The van der Waals surface area contributed by atoms with E-state index in [1.54, 1.807) is 18.2 Å². The second kappa shape index (κ2) is 5.85. The predicted molar refractivity (Wildman–Crippen MR) is 83.4 cm³/mol. The van der Waals surface area contributed by atoms with E-state index in [0.717, 1.165) is 11.1 Å². The Morgan fingerprint density at radius 2 is 1.70 bits per heavy atom. The van der Waals surface area contributed by atoms with Crippen molar-refractivity contribution >= 4 is 27.1 Å². The van der Waals surface area contributed by atoms with E-state index in [9.17, 15) is 8.42 Å². The molecular weight excluding hydrogens is 294 g/mol. The van der Waals surface area contributed by atoms with Crippen LogP contribution in [0.1, 0.15) is 16.7 Å². The number of aryl methyl sites for hydroxylation is 1. The summed E-state index contributed by atoms with van der Waals surface area (Å²) >= 11 is 5.88. The molecule has 5 heteroatoms. The van der Waals surface area contributed by atoms with E-state index in [0.29, 0.717) is 16.3 Å². The van der Waals surface area contributed by atoms with Gasteiger partial charge in [0.25, 0.3) is 0 Å². The van der Waals surface area contributed by atoms with E-state index in [-0.39, 0.29) is 11.5 Å². The average Bonchev–Trinajstić information content (AvgIpc) is 2.36. The summed E-state index contributed by atoms with van der Waals surface area (Å²) in [5.41, 5.74) is 8.57. The lowest BCUT2D eigenvalue weighted by molar-refractivity contribution is 0.594. The molecule has 0 aromatic heterocycles. The molecule has 0 unspecified atom stereocenters. The van der Waals surface area contributed by atoms with Crippen LogP contribution in [-0.4, -0.2) is 8.42 Å². The number of nitrogens with two attached hydrogens (primary N) is 1. The fraction of sp³-hybridized carbons (Fsp3) is 0.200. The van der Waals surface area contributed by atoms with E-state index in [1.165, 1.54) is 0 Å². The van der Waals surface area contributed by atoms with Crippen molar-refractivity contribution in [3.8, 4) is 0 Å². The van der Waals surface area contributed by atoms with Crippen LogP contribution >= 0.6 is 11.6 Å². The molecule has 2 N–H and O–H groups in total. The zero-order valence-corrected chi connectivity index (χ0v) is 12.7. The van der Waals surface area contributed by atoms with E-state index >= 15 is 0 Å². The number of hydrogen-bond acceptors (Lipinski definition) is 3. The van der Waals surface area contributed by atoms with Crippen LogP contribution in [0, 0.1) is 6.92 Å². The zero-order chi connectivity index (χ0) is 14.8. The summed E-state index contributed by atoms with van der Waals surface area (Å²) in [5.74, 6) is -0.0979. The summed E-state index contributed by atoms with van der Waals surface area (Å²) in [6.45, 7) is 1.90. The van der Waals surface area contributed by atoms with Gasteiger partial charge in [0, 0.05) is 10.7 Å². The van der Waals surface area contributed by atoms with Crippen LogP contribution in [-0.2, 0) is 21.3 Å². The molecule has 0 aliphatic rings. The number of nitrogen functional groups attached to an aromatic ring is 1. The van der Waals surface area contributed by atoms with Gasteiger partial charge in [-0.05, 0) is 41.8 Å². The average molecular weight is 310 g/mol. The van der Waals surface area contributed by atoms with Gasteiger partial charge in [-0.2, -0.15) is 0 Å². The van der Waals surface area contributed by atoms with Crippen LogP contribution in [0.4, 0.5) is 5.69 Å². The molecule has 3 nitrogen and oxygen atoms in total. The Hall–Kier alpha value is -1.52. The Kier molecular flexibility index (Phi) is 4.35. The molecule has 0 heterocycles. The van der Waals surface area contributed by atoms with Gasteiger partial charge >= 0.3 is 0 Å². The maximum absolute atomic E-state index is 12.3. The third-order valence-corrected chi connectivity index (χ3v) is 4.85. The first kappa shape index (κ1) is 14.9. The van der Waals surface area contributed by atoms with Crippen LogP contribution in [0.2, 0.25) is 5.02 Å². The fourth-order valence-electron chi connectivity index (χ4n) is 2.00. The van der Waals surface area contributed by atoms with Gasteiger partial charge in [0.05, 0.1) is 11.5 Å². The maximum Gasteiger partial charge on any atom is 0.158 e. The lowest BCUT2D eigenvalue weighted by Crippen LogP contribution is -2.10. The van der Waals surface area contributed by atoms with Crippen molar-refractivity contribution in [3.63, 3.8) is 0 Å². The Labute approximate surface area is 124 Å². The quantitative estimate of drug-likeness (QED) is 0.881. The minimum absolute atomic E-state index is 0.00558. The first-order valence-corrected chi connectivity index (χ1v) is 8.36. The minimum atomic E-state index is -3.29. The van der Waals surface area contributed by atoms with E-state index in [1.807, 2.05) is 31.2 Å². The maximum atomic E-state index is 12.3. The molecule has 0 bridgehead atoms. The molecule has 0 saturated carbocycles. The third-order valence-electron chi connectivity index (χ3n) is 3.12. The molecular formula is C15H16ClNO2S. The molecule has 0 spiro atoms. The van der Waals surface area contributed by atoms with E-state index in [2.05, 4.69) is 0 Å². The van der Waals surface area contributed by atoms with Crippen molar-refractivity contribution in [2.75, 3.05) is 5.73 Å². The normalized spacial score (nSPS) is 11.5. The highest BCUT2D eigenvalue weighted by Gasteiger charge is 2.16. The standard InChI is InChI=1S/C15H16ClNO2S/c1-11-4-2-3-5-12(11)9-20(18,19)10-13-8-14(16)6-7-15(13)17/h2-8H,9-10,17H2,1H3. The van der Waals surface area contributed by atoms with E-state index in [4.69, 9.17) is 17.3 Å². The SMILES string of the molecule is Cc1ccccc1CS(=O)(=O)Cc1cc(Cl)ccc1N. The largest absolute Gasteiger partial charge is 0.398 e. The number of anilines is 1. The highest BCUT2D eigenvalue weighted by molar-refractivity contribution is 7.89. The Bertz CT molecular complexity index is 726. The van der Waals surface area contributed by atoms with Crippen LogP contribution in [0.5, 0.6) is 0 Å². The number of rotatable bonds is 4. The lowest BCUT2D eigenvalue weighted by atomic mass is 10.1. The number of benzene rings is 2. The van der Waals surface area contributed by atoms with Crippen molar-refractivity contribution < 1.29 is 8.42 Å². The fourth-order valence-corrected chi connectivity index (χ4v) is 3.81. The first-order valence-electron chi connectivity index (χ1n) is 6.16. The minimum Gasteiger partial charge on any atom is -0.398 e. The molecule has 0 amide bonds. The summed E-state index contributed by atoms with van der Waals surface area (Å²) in [6, 6.07) is 12.3. The highest BCUT2D eigenvalue weighted by atomic mass is 35.5. The molecule has 2 aromatic carbocycles. The Morgan fingerprint density at radius 3 is 2.40 bits per heavy atom. The smallest absolute Gasteiger partial charge is 0.158 e. The molecule has 2 aromatic rings. The van der Waals surface area contributed by atoms with E-state index < -0.39 is 9.84 Å². The molecule has 106 valence electrons. The molecule has 0 saturated heterocycles. The van der Waals surface area contributed by atoms with Crippen molar-refractivity contribution in [2.24, 2.45) is 0 Å². The van der Waals surface area contributed by atoms with Crippen molar-refractivity contribution in [1.82, 2.24) is 0 Å². The molecule has 0 aliphatic carbocycles. The molecule has 0 radical (unpaired) electrons. The molecule has 2 rings (SSSR count). The van der Waals surface area contributed by atoms with Crippen LogP contribution in [0.25, 0.3) is 0 Å². The van der Waals surface area contributed by atoms with Crippen LogP contribution < -0.4 is 5.73 Å². The van der Waals surface area contributed by atoms with Gasteiger partial charge in [-0.25, -0.2) is 8.42 Å². The monoisotopic (exact) mass is 309 g/mol. The van der Waals surface area contributed by atoms with Gasteiger partial charge in [0.1, 0.15) is 0 Å². The van der Waals surface area contributed by atoms with Crippen molar-refractivity contribution in [2.45, 2.75) is 18.4 Å². The number of halogens is 1. The first-order chi connectivity index (χ1) is 9.37. The van der Waals surface area contributed by atoms with Crippen LogP contribution in [0.15, 0.2) is 42.5 Å². The third kappa shape index (κ3) is 3.74. The lowest BCUT2D eigenvalue weighted by Gasteiger charge is -2.09. The summed E-state index contributed by atoms with van der Waals surface area (Å²) in [5, 5.41) is 0.486. The van der Waals surface area contributed by atoms with Gasteiger partial charge in [-0.3, -0.25) is 0 Å². The van der Waals surface area contributed by atoms with Crippen LogP contribution in [0.3, 0.4) is 0 Å². The van der Waals surface area contributed by atoms with Gasteiger partial charge in [-0.15, -0.1) is 0 Å². The second-order valence-electron chi connectivity index (χ2n) is 4.80. The summed E-state index contributed by atoms with van der Waals surface area (Å²) in [7, 11) is -3.29. The summed E-state index contributed by atoms with van der Waals surface area (Å²) in [4.78, 5) is 0. The summed E-state index contributed by atoms with van der Waals surface area (Å²) in [6.07, 6.45) is 0. The van der Waals surface area contributed by atoms with Crippen molar-refractivity contribution in [1.29, 1.82) is 0 Å². The Morgan fingerprint density at radius 1 is 1.05 bits per heavy atom. The number of hydrogen-bond donors (Lipinski definition) is 1. The van der Waals surface area contributed by atoms with Crippen molar-refractivity contribution in [3.05, 3.63) is 64.2 Å². The molecule has 0 atom stereocenters. The summed E-state index contributed by atoms with van der Waals surface area (Å²) < 4.78 is 24.6. The molecule has 20 heavy (non-hydrogen) atoms. The molecule has 0 aliphatic heterocycles. The predicted octanol–water partition coefficient (Wildman–Crippen LogP) is 3.35. The highest BCUT2D eigenvalue weighted by Crippen LogP contribution is 2.22. The Balaban J connectivity index is 2.24. The van der Waals surface area contributed by atoms with Gasteiger partial charge in [0.15, 0.2) is 9.84 Å². The zero-order valence-electron chi connectivity index (χ0n) is 11.1. The topological polar surface area (TPSA) is 60.2 Å². The van der Waals surface area contributed by atoms with Gasteiger partial charge < -0.3 is 5.73 Å². The van der Waals surface area contributed by atoms with Gasteiger partial charge in [-0.1, -0.05) is 35.9 Å². The molecule has 0 fully saturated rings. The van der Waals surface area contributed by atoms with Gasteiger partial charge in [0.2, 0.25) is 0 Å². The number of sulfone groups is 1. The second-order valence-corrected chi connectivity index (χ2v) is 7.30.